The number of anilines is 1. The number of rotatable bonds is 3. The van der Waals surface area contributed by atoms with E-state index in [2.05, 4.69) is 22.2 Å². The molecule has 4 nitrogen and oxygen atoms in total. The molecule has 80 valence electrons. The largest absolute Gasteiger partial charge is 0.382 e. The van der Waals surface area contributed by atoms with Crippen LogP contribution in [0, 0.1) is 0 Å². The Labute approximate surface area is 92.5 Å². The van der Waals surface area contributed by atoms with Gasteiger partial charge in [-0.3, -0.25) is 0 Å². The van der Waals surface area contributed by atoms with E-state index in [-0.39, 0.29) is 6.04 Å². The minimum Gasteiger partial charge on any atom is -0.382 e. The van der Waals surface area contributed by atoms with E-state index in [0.717, 1.165) is 22.5 Å². The number of hydrogen-bond acceptors (Lipinski definition) is 5. The minimum absolute atomic E-state index is 0.177. The quantitative estimate of drug-likeness (QED) is 0.833. The van der Waals surface area contributed by atoms with Crippen molar-refractivity contribution in [2.45, 2.75) is 19.4 Å². The zero-order chi connectivity index (χ0) is 10.8. The summed E-state index contributed by atoms with van der Waals surface area (Å²) < 4.78 is 0.977. The van der Waals surface area contributed by atoms with Gasteiger partial charge in [-0.25, -0.2) is 9.97 Å². The summed E-state index contributed by atoms with van der Waals surface area (Å²) in [6.07, 6.45) is 0.950. The molecule has 0 spiro atoms. The lowest BCUT2D eigenvalue weighted by atomic mass is 10.2. The van der Waals surface area contributed by atoms with Crippen LogP contribution in [0.15, 0.2) is 11.4 Å². The fourth-order valence-corrected chi connectivity index (χ4v) is 2.31. The molecule has 0 unspecified atom stereocenters. The highest BCUT2D eigenvalue weighted by Gasteiger charge is 2.13. The molecule has 1 atom stereocenters. The van der Waals surface area contributed by atoms with Crippen LogP contribution in [0.4, 0.5) is 5.82 Å². The second-order valence-corrected chi connectivity index (χ2v) is 4.27. The Kier molecular flexibility index (Phi) is 2.83. The van der Waals surface area contributed by atoms with Gasteiger partial charge >= 0.3 is 0 Å². The Bertz CT molecular complexity index is 461. The van der Waals surface area contributed by atoms with E-state index in [1.807, 2.05) is 18.5 Å². The molecule has 5 heteroatoms. The highest BCUT2D eigenvalue weighted by Crippen LogP contribution is 2.25. The molecule has 15 heavy (non-hydrogen) atoms. The fraction of sp³-hybridized carbons (Fsp3) is 0.400. The summed E-state index contributed by atoms with van der Waals surface area (Å²) in [7, 11) is 1.91. The molecule has 2 heterocycles. The summed E-state index contributed by atoms with van der Waals surface area (Å²) in [5.41, 5.74) is 6.82. The van der Waals surface area contributed by atoms with Gasteiger partial charge in [0.1, 0.15) is 11.6 Å². The first-order chi connectivity index (χ1) is 7.26. The molecule has 0 aliphatic heterocycles. The molecule has 0 amide bonds. The van der Waals surface area contributed by atoms with Gasteiger partial charge in [0, 0.05) is 0 Å². The number of nitrogens with one attached hydrogen (secondary N) is 1. The van der Waals surface area contributed by atoms with E-state index in [9.17, 15) is 0 Å². The number of hydrogen-bond donors (Lipinski definition) is 2. The lowest BCUT2D eigenvalue weighted by Gasteiger charge is -2.12. The van der Waals surface area contributed by atoms with Gasteiger partial charge in [-0.15, -0.1) is 11.3 Å². The van der Waals surface area contributed by atoms with E-state index < -0.39 is 0 Å². The number of nitrogen functional groups attached to an aromatic ring is 1. The van der Waals surface area contributed by atoms with E-state index in [1.165, 1.54) is 0 Å². The highest BCUT2D eigenvalue weighted by atomic mass is 32.1. The van der Waals surface area contributed by atoms with Crippen molar-refractivity contribution in [2.75, 3.05) is 12.8 Å². The maximum atomic E-state index is 5.88. The first-order valence-corrected chi connectivity index (χ1v) is 5.82. The third kappa shape index (κ3) is 1.80. The molecule has 2 aromatic rings. The number of aromatic nitrogens is 2. The minimum atomic E-state index is 0.177. The van der Waals surface area contributed by atoms with Crippen molar-refractivity contribution in [3.05, 3.63) is 17.3 Å². The molecule has 0 aromatic carbocycles. The average Bonchev–Trinajstić information content (AvgIpc) is 2.68. The molecule has 0 fully saturated rings. The summed E-state index contributed by atoms with van der Waals surface area (Å²) in [5.74, 6) is 1.36. The summed E-state index contributed by atoms with van der Waals surface area (Å²) in [6.45, 7) is 2.10. The maximum absolute atomic E-state index is 5.88. The highest BCUT2D eigenvalue weighted by molar-refractivity contribution is 7.17. The normalized spacial score (nSPS) is 13.2. The number of thiophene rings is 1. The van der Waals surface area contributed by atoms with Crippen LogP contribution in [0.1, 0.15) is 25.2 Å². The first kappa shape index (κ1) is 10.3. The van der Waals surface area contributed by atoms with Gasteiger partial charge in [0.05, 0.1) is 16.3 Å². The second kappa shape index (κ2) is 4.12. The molecule has 0 aliphatic carbocycles. The second-order valence-electron chi connectivity index (χ2n) is 3.35. The van der Waals surface area contributed by atoms with Crippen molar-refractivity contribution in [3.8, 4) is 0 Å². The Morgan fingerprint density at radius 3 is 3.00 bits per heavy atom. The van der Waals surface area contributed by atoms with Crippen LogP contribution in [0.25, 0.3) is 10.2 Å². The van der Waals surface area contributed by atoms with Gasteiger partial charge in [0.2, 0.25) is 0 Å². The molecule has 0 saturated heterocycles. The summed E-state index contributed by atoms with van der Waals surface area (Å²) in [5, 5.41) is 5.16. The molecule has 3 N–H and O–H groups in total. The SMILES string of the molecule is CC[C@H](NC)c1nc(N)c2sccc2n1. The van der Waals surface area contributed by atoms with Crippen LogP contribution in [0.3, 0.4) is 0 Å². The Hall–Kier alpha value is -1.20. The molecular weight excluding hydrogens is 208 g/mol. The van der Waals surface area contributed by atoms with Crippen molar-refractivity contribution in [1.29, 1.82) is 0 Å². The van der Waals surface area contributed by atoms with E-state index >= 15 is 0 Å². The molecule has 0 bridgehead atoms. The van der Waals surface area contributed by atoms with Gasteiger partial charge in [-0.05, 0) is 24.9 Å². The van der Waals surface area contributed by atoms with Crippen LogP contribution in [-0.4, -0.2) is 17.0 Å². The van der Waals surface area contributed by atoms with Crippen molar-refractivity contribution >= 4 is 27.4 Å². The van der Waals surface area contributed by atoms with Crippen molar-refractivity contribution in [2.24, 2.45) is 0 Å². The van der Waals surface area contributed by atoms with E-state index in [0.29, 0.717) is 5.82 Å². The monoisotopic (exact) mass is 222 g/mol. The summed E-state index contributed by atoms with van der Waals surface area (Å²) in [4.78, 5) is 8.82. The number of fused-ring (bicyclic) bond motifs is 1. The van der Waals surface area contributed by atoms with Gasteiger partial charge in [0.15, 0.2) is 0 Å². The maximum Gasteiger partial charge on any atom is 0.148 e. The van der Waals surface area contributed by atoms with Crippen molar-refractivity contribution in [3.63, 3.8) is 0 Å². The molecule has 0 radical (unpaired) electrons. The standard InChI is InChI=1S/C10H14N4S/c1-3-6(12-2)10-13-7-4-5-15-8(7)9(11)14-10/h4-6,12H,3H2,1-2H3,(H2,11,13,14)/t6-/m0/s1. The van der Waals surface area contributed by atoms with Crippen molar-refractivity contribution < 1.29 is 0 Å². The third-order valence-electron chi connectivity index (χ3n) is 2.42. The molecule has 0 aliphatic rings. The molecule has 2 aromatic heterocycles. The zero-order valence-corrected chi connectivity index (χ0v) is 9.64. The van der Waals surface area contributed by atoms with Crippen LogP contribution < -0.4 is 11.1 Å². The predicted octanol–water partition coefficient (Wildman–Crippen LogP) is 1.94. The van der Waals surface area contributed by atoms with Gasteiger partial charge in [-0.1, -0.05) is 6.92 Å². The predicted molar refractivity (Wildman–Crippen MR) is 63.9 cm³/mol. The third-order valence-corrected chi connectivity index (χ3v) is 3.34. The van der Waals surface area contributed by atoms with Gasteiger partial charge in [0.25, 0.3) is 0 Å². The average molecular weight is 222 g/mol. The summed E-state index contributed by atoms with van der Waals surface area (Å²) >= 11 is 1.58. The topological polar surface area (TPSA) is 63.8 Å². The molecular formula is C10H14N4S. The van der Waals surface area contributed by atoms with E-state index in [4.69, 9.17) is 5.73 Å². The van der Waals surface area contributed by atoms with Crippen LogP contribution in [0.2, 0.25) is 0 Å². The lowest BCUT2D eigenvalue weighted by molar-refractivity contribution is 0.547. The Morgan fingerprint density at radius 1 is 1.53 bits per heavy atom. The number of nitrogens with zero attached hydrogens (tertiary/aromatic N) is 2. The first-order valence-electron chi connectivity index (χ1n) is 4.94. The van der Waals surface area contributed by atoms with Crippen LogP contribution in [-0.2, 0) is 0 Å². The Balaban J connectivity index is 2.52. The van der Waals surface area contributed by atoms with Crippen LogP contribution in [0.5, 0.6) is 0 Å². The fourth-order valence-electron chi connectivity index (χ4n) is 1.58. The summed E-state index contributed by atoms with van der Waals surface area (Å²) in [6, 6.07) is 2.15. The van der Waals surface area contributed by atoms with Crippen LogP contribution >= 0.6 is 11.3 Å². The molecule has 2 rings (SSSR count). The van der Waals surface area contributed by atoms with E-state index in [1.54, 1.807) is 11.3 Å². The van der Waals surface area contributed by atoms with Gasteiger partial charge < -0.3 is 11.1 Å². The van der Waals surface area contributed by atoms with Gasteiger partial charge in [-0.2, -0.15) is 0 Å². The number of nitrogens with two attached hydrogens (primary N) is 1. The lowest BCUT2D eigenvalue weighted by Crippen LogP contribution is -2.18. The zero-order valence-electron chi connectivity index (χ0n) is 8.82. The van der Waals surface area contributed by atoms with Crippen molar-refractivity contribution in [1.82, 2.24) is 15.3 Å². The molecule has 0 saturated carbocycles. The smallest absolute Gasteiger partial charge is 0.148 e. The Morgan fingerprint density at radius 2 is 2.33 bits per heavy atom.